The maximum atomic E-state index is 10.2. The average molecular weight is 329 g/mol. The van der Waals surface area contributed by atoms with Gasteiger partial charge in [-0.15, -0.1) is 0 Å². The molecule has 0 N–H and O–H groups in total. The molecule has 0 unspecified atom stereocenters. The summed E-state index contributed by atoms with van der Waals surface area (Å²) in [6.45, 7) is 3.80. The Labute approximate surface area is 133 Å². The molecule has 112 valence electrons. The van der Waals surface area contributed by atoms with Crippen LogP contribution in [-0.4, -0.2) is 11.9 Å². The Morgan fingerprint density at radius 1 is 0.667 bits per heavy atom. The van der Waals surface area contributed by atoms with E-state index in [1.165, 1.54) is 24.3 Å². The van der Waals surface area contributed by atoms with Gasteiger partial charge in [-0.1, -0.05) is 59.7 Å². The predicted octanol–water partition coefficient (Wildman–Crippen LogP) is 0.715. The van der Waals surface area contributed by atoms with Gasteiger partial charge in [0.15, 0.2) is 0 Å². The molecule has 2 rings (SSSR count). The standard InChI is InChI=1S/2C8H8O2.Ni/c2*1-6-2-4-7(5-3-6)8(9)10;/h2*2-5H,1H3,(H,9,10);/q;;+2/p-2. The van der Waals surface area contributed by atoms with Crippen LogP contribution in [0.5, 0.6) is 0 Å². The molecular formula is C16H14NiO4. The predicted molar refractivity (Wildman–Crippen MR) is 71.0 cm³/mol. The van der Waals surface area contributed by atoms with Gasteiger partial charge in [-0.05, 0) is 25.0 Å². The summed E-state index contributed by atoms with van der Waals surface area (Å²) in [6.07, 6.45) is 0. The van der Waals surface area contributed by atoms with Crippen LogP contribution in [0.1, 0.15) is 31.8 Å². The number of hydrogen-bond acceptors (Lipinski definition) is 4. The molecule has 0 amide bonds. The van der Waals surface area contributed by atoms with E-state index in [4.69, 9.17) is 0 Å². The first-order chi connectivity index (χ1) is 9.40. The SMILES string of the molecule is Cc1ccc(C(=O)[O-])cc1.Cc1ccc(C(=O)[O-])cc1.[Ni+2]. The van der Waals surface area contributed by atoms with Crippen molar-refractivity contribution in [3.05, 3.63) is 70.8 Å². The summed E-state index contributed by atoms with van der Waals surface area (Å²) in [5.41, 5.74) is 2.55. The van der Waals surface area contributed by atoms with Crippen molar-refractivity contribution in [1.29, 1.82) is 0 Å². The topological polar surface area (TPSA) is 80.3 Å². The summed E-state index contributed by atoms with van der Waals surface area (Å²) in [5.74, 6) is -2.25. The van der Waals surface area contributed by atoms with Crippen molar-refractivity contribution in [2.24, 2.45) is 0 Å². The molecule has 0 radical (unpaired) electrons. The molecule has 2 aromatic rings. The number of rotatable bonds is 2. The first-order valence-corrected chi connectivity index (χ1v) is 5.96. The molecule has 4 nitrogen and oxygen atoms in total. The van der Waals surface area contributed by atoms with Crippen molar-refractivity contribution >= 4 is 11.9 Å². The Morgan fingerprint density at radius 2 is 0.905 bits per heavy atom. The number of benzene rings is 2. The Hall–Kier alpha value is -2.13. The number of carbonyl (C=O) groups is 2. The van der Waals surface area contributed by atoms with Crippen LogP contribution in [-0.2, 0) is 16.5 Å². The summed E-state index contributed by atoms with van der Waals surface area (Å²) in [4.78, 5) is 20.4. The van der Waals surface area contributed by atoms with Crippen LogP contribution in [0.2, 0.25) is 0 Å². The molecule has 0 saturated heterocycles. The van der Waals surface area contributed by atoms with Gasteiger partial charge in [0.2, 0.25) is 0 Å². The maximum Gasteiger partial charge on any atom is 2.00 e. The van der Waals surface area contributed by atoms with E-state index in [0.717, 1.165) is 11.1 Å². The zero-order chi connectivity index (χ0) is 15.1. The quantitative estimate of drug-likeness (QED) is 0.760. The van der Waals surface area contributed by atoms with Crippen LogP contribution in [0, 0.1) is 13.8 Å². The van der Waals surface area contributed by atoms with Crippen LogP contribution in [0.15, 0.2) is 48.5 Å². The largest absolute Gasteiger partial charge is 2.00 e. The minimum absolute atomic E-state index is 0. The van der Waals surface area contributed by atoms with Crippen molar-refractivity contribution in [1.82, 2.24) is 0 Å². The summed E-state index contributed by atoms with van der Waals surface area (Å²) < 4.78 is 0. The molecule has 0 bridgehead atoms. The van der Waals surface area contributed by atoms with Gasteiger partial charge in [-0.25, -0.2) is 0 Å². The Bertz CT molecular complexity index is 533. The van der Waals surface area contributed by atoms with Gasteiger partial charge in [-0.3, -0.25) is 0 Å². The second-order valence-corrected chi connectivity index (χ2v) is 4.31. The van der Waals surface area contributed by atoms with Gasteiger partial charge < -0.3 is 19.8 Å². The smallest absolute Gasteiger partial charge is 0.545 e. The van der Waals surface area contributed by atoms with Gasteiger partial charge >= 0.3 is 16.5 Å². The van der Waals surface area contributed by atoms with Crippen molar-refractivity contribution in [2.45, 2.75) is 13.8 Å². The van der Waals surface area contributed by atoms with Gasteiger partial charge in [0.1, 0.15) is 0 Å². The molecule has 5 heteroatoms. The van der Waals surface area contributed by atoms with Crippen molar-refractivity contribution < 1.29 is 36.3 Å². The van der Waals surface area contributed by atoms with Crippen LogP contribution >= 0.6 is 0 Å². The zero-order valence-corrected chi connectivity index (χ0v) is 12.6. The summed E-state index contributed by atoms with van der Waals surface area (Å²) >= 11 is 0. The molecule has 0 spiro atoms. The molecule has 2 aromatic carbocycles. The third kappa shape index (κ3) is 6.73. The monoisotopic (exact) mass is 328 g/mol. The van der Waals surface area contributed by atoms with Gasteiger partial charge in [-0.2, -0.15) is 0 Å². The van der Waals surface area contributed by atoms with E-state index in [1.807, 2.05) is 13.8 Å². The summed E-state index contributed by atoms with van der Waals surface area (Å²) in [7, 11) is 0. The van der Waals surface area contributed by atoms with E-state index in [-0.39, 0.29) is 27.6 Å². The third-order valence-corrected chi connectivity index (χ3v) is 2.57. The van der Waals surface area contributed by atoms with Crippen molar-refractivity contribution in [3.8, 4) is 0 Å². The molecule has 0 aliphatic heterocycles. The normalized spacial score (nSPS) is 8.86. The van der Waals surface area contributed by atoms with Gasteiger partial charge in [0.25, 0.3) is 0 Å². The van der Waals surface area contributed by atoms with E-state index in [0.29, 0.717) is 0 Å². The van der Waals surface area contributed by atoms with Crippen LogP contribution in [0.4, 0.5) is 0 Å². The van der Waals surface area contributed by atoms with Crippen LogP contribution in [0.25, 0.3) is 0 Å². The third-order valence-electron chi connectivity index (χ3n) is 2.57. The number of aryl methyl sites for hydroxylation is 2. The number of carboxylic acids is 2. The molecule has 0 atom stereocenters. The fraction of sp³-hybridized carbons (Fsp3) is 0.125. The molecule has 21 heavy (non-hydrogen) atoms. The van der Waals surface area contributed by atoms with E-state index in [9.17, 15) is 19.8 Å². The first kappa shape index (κ1) is 18.9. The molecule has 0 heterocycles. The molecule has 0 saturated carbocycles. The van der Waals surface area contributed by atoms with E-state index < -0.39 is 11.9 Å². The number of aromatic carboxylic acids is 2. The molecule has 0 aliphatic carbocycles. The minimum atomic E-state index is -1.12. The van der Waals surface area contributed by atoms with Crippen molar-refractivity contribution in [2.75, 3.05) is 0 Å². The first-order valence-electron chi connectivity index (χ1n) is 5.96. The van der Waals surface area contributed by atoms with E-state index in [2.05, 4.69) is 0 Å². The van der Waals surface area contributed by atoms with Crippen molar-refractivity contribution in [3.63, 3.8) is 0 Å². The fourth-order valence-electron chi connectivity index (χ4n) is 1.38. The number of carboxylic acid groups (broad SMARTS) is 2. The van der Waals surface area contributed by atoms with Crippen LogP contribution < -0.4 is 10.2 Å². The Balaban J connectivity index is 0.000000364. The molecule has 0 aliphatic rings. The molecular weight excluding hydrogens is 315 g/mol. The molecule has 0 aromatic heterocycles. The van der Waals surface area contributed by atoms with Gasteiger partial charge in [0, 0.05) is 0 Å². The Kier molecular flexibility index (Phi) is 8.02. The second-order valence-electron chi connectivity index (χ2n) is 4.31. The van der Waals surface area contributed by atoms with E-state index in [1.54, 1.807) is 24.3 Å². The summed E-state index contributed by atoms with van der Waals surface area (Å²) in [6, 6.07) is 13.1. The zero-order valence-electron chi connectivity index (χ0n) is 11.6. The number of hydrogen-bond donors (Lipinski definition) is 0. The maximum absolute atomic E-state index is 10.2. The Morgan fingerprint density at radius 3 is 1.10 bits per heavy atom. The summed E-state index contributed by atoms with van der Waals surface area (Å²) in [5, 5.41) is 20.4. The minimum Gasteiger partial charge on any atom is -0.545 e. The fourth-order valence-corrected chi connectivity index (χ4v) is 1.38. The van der Waals surface area contributed by atoms with Crippen LogP contribution in [0.3, 0.4) is 0 Å². The second kappa shape index (κ2) is 8.93. The molecule has 0 fully saturated rings. The van der Waals surface area contributed by atoms with Gasteiger partial charge in [0.05, 0.1) is 11.9 Å². The average Bonchev–Trinajstić information content (AvgIpc) is 2.40. The van der Waals surface area contributed by atoms with E-state index >= 15 is 0 Å². The number of carbonyl (C=O) groups excluding carboxylic acids is 2.